The number of sulfone groups is 1. The summed E-state index contributed by atoms with van der Waals surface area (Å²) in [6.45, 7) is 2.55. The number of benzene rings is 2. The number of hydrogen-bond donors (Lipinski definition) is 0. The van der Waals surface area contributed by atoms with Crippen LogP contribution in [-0.4, -0.2) is 38.9 Å². The maximum absolute atomic E-state index is 12.5. The number of ether oxygens (including phenoxy) is 2. The molecule has 0 bridgehead atoms. The zero-order valence-electron chi connectivity index (χ0n) is 17.1. The molecule has 0 saturated carbocycles. The second-order valence-corrected chi connectivity index (χ2v) is 9.60. The van der Waals surface area contributed by atoms with Gasteiger partial charge in [0, 0.05) is 13.0 Å². The first-order chi connectivity index (χ1) is 14.4. The Labute approximate surface area is 179 Å². The summed E-state index contributed by atoms with van der Waals surface area (Å²) < 4.78 is 38.4. The largest absolute Gasteiger partial charge is 0.495 e. The minimum absolute atomic E-state index is 0.0539. The van der Waals surface area contributed by atoms with Gasteiger partial charge in [-0.25, -0.2) is 8.42 Å². The smallest absolute Gasteiger partial charge is 0.248 e. The van der Waals surface area contributed by atoms with E-state index < -0.39 is 9.84 Å². The molecule has 2 aromatic carbocycles. The molecule has 1 amide bonds. The van der Waals surface area contributed by atoms with Gasteiger partial charge in [0.15, 0.2) is 14.6 Å². The third-order valence-electron chi connectivity index (χ3n) is 4.63. The van der Waals surface area contributed by atoms with Crippen molar-refractivity contribution in [3.63, 3.8) is 0 Å². The molecule has 0 aliphatic rings. The molecule has 3 rings (SSSR count). The number of hydrogen-bond acceptors (Lipinski definition) is 6. The highest BCUT2D eigenvalue weighted by atomic mass is 32.2. The molecule has 1 aromatic heterocycles. The number of aryl methyl sites for hydroxylation is 1. The van der Waals surface area contributed by atoms with Crippen LogP contribution in [0.5, 0.6) is 11.5 Å². The van der Waals surface area contributed by atoms with Crippen LogP contribution in [0.1, 0.15) is 19.8 Å². The minimum atomic E-state index is -3.41. The molecule has 0 aliphatic carbocycles. The third-order valence-corrected chi connectivity index (χ3v) is 7.54. The van der Waals surface area contributed by atoms with Gasteiger partial charge in [-0.3, -0.25) is 4.79 Å². The topological polar surface area (TPSA) is 87.0 Å². The highest BCUT2D eigenvalue weighted by molar-refractivity contribution is 7.91. The fraction of sp³-hybridized carbons (Fsp3) is 0.333. The lowest BCUT2D eigenvalue weighted by Crippen LogP contribution is -2.16. The van der Waals surface area contributed by atoms with Crippen LogP contribution in [0.25, 0.3) is 10.2 Å². The van der Waals surface area contributed by atoms with Crippen molar-refractivity contribution < 1.29 is 22.7 Å². The summed E-state index contributed by atoms with van der Waals surface area (Å²) in [7, 11) is -0.229. The quantitative estimate of drug-likeness (QED) is 0.527. The zero-order chi connectivity index (χ0) is 21.7. The van der Waals surface area contributed by atoms with Gasteiger partial charge in [0.1, 0.15) is 21.7 Å². The van der Waals surface area contributed by atoms with E-state index in [1.54, 1.807) is 44.6 Å². The number of amides is 1. The van der Waals surface area contributed by atoms with Gasteiger partial charge in [0.25, 0.3) is 0 Å². The second-order valence-electron chi connectivity index (χ2n) is 6.52. The summed E-state index contributed by atoms with van der Waals surface area (Å²) in [5.74, 6) is 0.901. The Morgan fingerprint density at radius 2 is 1.73 bits per heavy atom. The van der Waals surface area contributed by atoms with Crippen LogP contribution in [0.2, 0.25) is 0 Å². The summed E-state index contributed by atoms with van der Waals surface area (Å²) in [5.41, 5.74) is 0.822. The maximum Gasteiger partial charge on any atom is 0.248 e. The van der Waals surface area contributed by atoms with Crippen molar-refractivity contribution in [1.82, 2.24) is 4.57 Å². The Balaban J connectivity index is 1.83. The van der Waals surface area contributed by atoms with E-state index >= 15 is 0 Å². The molecule has 0 fully saturated rings. The van der Waals surface area contributed by atoms with Gasteiger partial charge in [0.05, 0.1) is 24.9 Å². The van der Waals surface area contributed by atoms with Crippen molar-refractivity contribution in [3.8, 4) is 11.5 Å². The molecule has 1 heterocycles. The van der Waals surface area contributed by atoms with Gasteiger partial charge in [-0.05, 0) is 37.6 Å². The monoisotopic (exact) mass is 448 g/mol. The average molecular weight is 449 g/mol. The molecule has 160 valence electrons. The van der Waals surface area contributed by atoms with E-state index in [0.717, 1.165) is 10.2 Å². The zero-order valence-corrected chi connectivity index (χ0v) is 18.8. The molecule has 30 heavy (non-hydrogen) atoms. The summed E-state index contributed by atoms with van der Waals surface area (Å²) in [5, 5.41) is 0. The van der Waals surface area contributed by atoms with Gasteiger partial charge in [0.2, 0.25) is 5.91 Å². The first-order valence-corrected chi connectivity index (χ1v) is 12.0. The molecule has 7 nitrogen and oxygen atoms in total. The SMILES string of the molecule is CCn1c(=NC(=O)CCCS(=O)(=O)c2ccccc2)sc2c(OC)ccc(OC)c21. The van der Waals surface area contributed by atoms with Crippen molar-refractivity contribution in [2.75, 3.05) is 20.0 Å². The first-order valence-electron chi connectivity index (χ1n) is 9.51. The van der Waals surface area contributed by atoms with Crippen LogP contribution >= 0.6 is 11.3 Å². The summed E-state index contributed by atoms with van der Waals surface area (Å²) >= 11 is 1.35. The molecule has 3 aromatic rings. The van der Waals surface area contributed by atoms with Crippen molar-refractivity contribution >= 4 is 37.3 Å². The van der Waals surface area contributed by atoms with Gasteiger partial charge < -0.3 is 14.0 Å². The minimum Gasteiger partial charge on any atom is -0.495 e. The standard InChI is InChI=1S/C21H24N2O5S2/c1-4-23-19-16(27-2)12-13-17(28-3)20(19)29-21(23)22-18(24)11-8-14-30(25,26)15-9-6-5-7-10-15/h5-7,9-10,12-13H,4,8,11,14H2,1-3H3. The average Bonchev–Trinajstić information content (AvgIpc) is 3.11. The predicted octanol–water partition coefficient (Wildman–Crippen LogP) is 3.42. The molecule has 9 heteroatoms. The van der Waals surface area contributed by atoms with Gasteiger partial charge in [-0.2, -0.15) is 4.99 Å². The molecule has 0 N–H and O–H groups in total. The lowest BCUT2D eigenvalue weighted by Gasteiger charge is -2.08. The Hall–Kier alpha value is -2.65. The molecule has 0 spiro atoms. The number of thiazole rings is 1. The van der Waals surface area contributed by atoms with Crippen LogP contribution in [0.4, 0.5) is 0 Å². The maximum atomic E-state index is 12.5. The molecule has 0 aliphatic heterocycles. The number of rotatable bonds is 8. The predicted molar refractivity (Wildman–Crippen MR) is 117 cm³/mol. The van der Waals surface area contributed by atoms with Crippen LogP contribution in [0.15, 0.2) is 52.4 Å². The van der Waals surface area contributed by atoms with Crippen molar-refractivity contribution in [2.45, 2.75) is 31.2 Å². The van der Waals surface area contributed by atoms with Gasteiger partial charge in [-0.15, -0.1) is 0 Å². The van der Waals surface area contributed by atoms with Crippen LogP contribution < -0.4 is 14.3 Å². The number of methoxy groups -OCH3 is 2. The van der Waals surface area contributed by atoms with Crippen molar-refractivity contribution in [2.24, 2.45) is 4.99 Å². The van der Waals surface area contributed by atoms with Crippen LogP contribution in [-0.2, 0) is 21.2 Å². The van der Waals surface area contributed by atoms with E-state index in [4.69, 9.17) is 9.47 Å². The number of fused-ring (bicyclic) bond motifs is 1. The van der Waals surface area contributed by atoms with Crippen LogP contribution in [0.3, 0.4) is 0 Å². The van der Waals surface area contributed by atoms with Crippen molar-refractivity contribution in [3.05, 3.63) is 47.3 Å². The Bertz CT molecular complexity index is 1210. The lowest BCUT2D eigenvalue weighted by atomic mass is 10.3. The third kappa shape index (κ3) is 4.57. The fourth-order valence-corrected chi connectivity index (χ4v) is 5.71. The van der Waals surface area contributed by atoms with Crippen molar-refractivity contribution in [1.29, 1.82) is 0 Å². The second kappa shape index (κ2) is 9.44. The molecule has 0 atom stereocenters. The number of carbonyl (C=O) groups is 1. The molecular weight excluding hydrogens is 424 g/mol. The molecule has 0 unspecified atom stereocenters. The summed E-state index contributed by atoms with van der Waals surface area (Å²) in [6.07, 6.45) is 0.265. The Kier molecular flexibility index (Phi) is 6.94. The van der Waals surface area contributed by atoms with Crippen LogP contribution in [0, 0.1) is 0 Å². The van der Waals surface area contributed by atoms with E-state index in [0.29, 0.717) is 22.8 Å². The normalized spacial score (nSPS) is 12.3. The number of nitrogens with zero attached hydrogens (tertiary/aromatic N) is 2. The highest BCUT2D eigenvalue weighted by Crippen LogP contribution is 2.35. The number of carbonyl (C=O) groups excluding carboxylic acids is 1. The lowest BCUT2D eigenvalue weighted by molar-refractivity contribution is -0.118. The molecule has 0 saturated heterocycles. The van der Waals surface area contributed by atoms with E-state index in [1.165, 1.54) is 11.3 Å². The molecule has 0 radical (unpaired) electrons. The van der Waals surface area contributed by atoms with E-state index in [9.17, 15) is 13.2 Å². The Morgan fingerprint density at radius 1 is 1.07 bits per heavy atom. The van der Waals surface area contributed by atoms with E-state index in [2.05, 4.69) is 4.99 Å². The Morgan fingerprint density at radius 3 is 2.37 bits per heavy atom. The fourth-order valence-electron chi connectivity index (χ4n) is 3.15. The van der Waals surface area contributed by atoms with E-state index in [-0.39, 0.29) is 29.4 Å². The van der Waals surface area contributed by atoms with E-state index in [1.807, 2.05) is 23.6 Å². The highest BCUT2D eigenvalue weighted by Gasteiger charge is 2.17. The molecular formula is C21H24N2O5S2. The summed E-state index contributed by atoms with van der Waals surface area (Å²) in [4.78, 5) is 17.5. The van der Waals surface area contributed by atoms with Gasteiger partial charge >= 0.3 is 0 Å². The number of aromatic nitrogens is 1. The summed E-state index contributed by atoms with van der Waals surface area (Å²) in [6, 6.07) is 11.9. The van der Waals surface area contributed by atoms with Gasteiger partial charge in [-0.1, -0.05) is 29.5 Å². The first kappa shape index (κ1) is 22.0.